The number of aryl methyl sites for hydroxylation is 2. The molecule has 0 saturated heterocycles. The quantitative estimate of drug-likeness (QED) is 0.722. The van der Waals surface area contributed by atoms with Gasteiger partial charge in [0.2, 0.25) is 0 Å². The smallest absolute Gasteiger partial charge is 0.339 e. The number of benzene rings is 2. The average Bonchev–Trinajstić information content (AvgIpc) is 2.93. The molecule has 3 heteroatoms. The maximum Gasteiger partial charge on any atom is 0.339 e. The van der Waals surface area contributed by atoms with E-state index in [2.05, 4.69) is 6.92 Å². The molecule has 1 aromatic heterocycles. The highest BCUT2D eigenvalue weighted by molar-refractivity contribution is 6.01. The van der Waals surface area contributed by atoms with Crippen LogP contribution in [-0.4, -0.2) is 11.1 Å². The molecule has 23 heavy (non-hydrogen) atoms. The maximum absolute atomic E-state index is 11.7. The van der Waals surface area contributed by atoms with Gasteiger partial charge in [0, 0.05) is 11.1 Å². The molecule has 0 aliphatic rings. The van der Waals surface area contributed by atoms with Crippen molar-refractivity contribution in [1.29, 1.82) is 0 Å². The highest BCUT2D eigenvalue weighted by Gasteiger charge is 2.25. The van der Waals surface area contributed by atoms with Crippen LogP contribution in [0.1, 0.15) is 28.6 Å². The standard InChI is InChI=1S/C20H18O3/c1-3-14-9-11-15(12-10-14)18-17(20(21)22)13(2)23-19(18)16-7-5-4-6-8-16/h4-12H,3H2,1-2H3,(H,21,22). The second kappa shape index (κ2) is 6.13. The Hall–Kier alpha value is -2.81. The van der Waals surface area contributed by atoms with Crippen LogP contribution >= 0.6 is 0 Å². The molecule has 0 amide bonds. The number of furan rings is 1. The molecule has 0 aliphatic carbocycles. The van der Waals surface area contributed by atoms with E-state index in [0.717, 1.165) is 17.5 Å². The molecule has 0 spiro atoms. The molecule has 0 saturated carbocycles. The Kier molecular flexibility index (Phi) is 4.02. The first-order valence-electron chi connectivity index (χ1n) is 7.63. The van der Waals surface area contributed by atoms with Crippen LogP contribution in [0.3, 0.4) is 0 Å². The minimum Gasteiger partial charge on any atom is -0.478 e. The van der Waals surface area contributed by atoms with Gasteiger partial charge in [-0.3, -0.25) is 0 Å². The number of carbonyl (C=O) groups is 1. The van der Waals surface area contributed by atoms with Crippen molar-refractivity contribution in [2.75, 3.05) is 0 Å². The topological polar surface area (TPSA) is 50.4 Å². The van der Waals surface area contributed by atoms with E-state index in [9.17, 15) is 9.90 Å². The van der Waals surface area contributed by atoms with E-state index in [1.807, 2.05) is 54.6 Å². The van der Waals surface area contributed by atoms with Crippen molar-refractivity contribution in [2.45, 2.75) is 20.3 Å². The zero-order valence-corrected chi connectivity index (χ0v) is 13.2. The van der Waals surface area contributed by atoms with Crippen molar-refractivity contribution in [1.82, 2.24) is 0 Å². The number of carboxylic acids is 1. The van der Waals surface area contributed by atoms with E-state index in [1.165, 1.54) is 5.56 Å². The van der Waals surface area contributed by atoms with Gasteiger partial charge in [0.05, 0.1) is 0 Å². The predicted octanol–water partition coefficient (Wildman–Crippen LogP) is 5.18. The van der Waals surface area contributed by atoms with E-state index in [-0.39, 0.29) is 5.56 Å². The van der Waals surface area contributed by atoms with Crippen LogP contribution in [0, 0.1) is 6.92 Å². The summed E-state index contributed by atoms with van der Waals surface area (Å²) in [7, 11) is 0. The van der Waals surface area contributed by atoms with E-state index in [0.29, 0.717) is 17.1 Å². The second-order valence-electron chi connectivity index (χ2n) is 5.46. The summed E-state index contributed by atoms with van der Waals surface area (Å²) in [5.74, 6) is 0.0543. The van der Waals surface area contributed by atoms with E-state index in [4.69, 9.17) is 4.42 Å². The van der Waals surface area contributed by atoms with Crippen LogP contribution in [0.5, 0.6) is 0 Å². The largest absolute Gasteiger partial charge is 0.478 e. The van der Waals surface area contributed by atoms with E-state index >= 15 is 0 Å². The Morgan fingerprint density at radius 1 is 1.00 bits per heavy atom. The van der Waals surface area contributed by atoms with Gasteiger partial charge in [-0.2, -0.15) is 0 Å². The molecule has 0 unspecified atom stereocenters. The molecule has 1 heterocycles. The Bertz CT molecular complexity index is 827. The predicted molar refractivity (Wildman–Crippen MR) is 90.7 cm³/mol. The summed E-state index contributed by atoms with van der Waals surface area (Å²) >= 11 is 0. The fourth-order valence-electron chi connectivity index (χ4n) is 2.78. The first-order chi connectivity index (χ1) is 11.1. The lowest BCUT2D eigenvalue weighted by atomic mass is 9.96. The molecular weight excluding hydrogens is 288 g/mol. The summed E-state index contributed by atoms with van der Waals surface area (Å²) in [4.78, 5) is 11.7. The monoisotopic (exact) mass is 306 g/mol. The summed E-state index contributed by atoms with van der Waals surface area (Å²) in [6, 6.07) is 17.6. The van der Waals surface area contributed by atoms with E-state index < -0.39 is 5.97 Å². The van der Waals surface area contributed by atoms with Crippen LogP contribution in [0.2, 0.25) is 0 Å². The molecule has 3 rings (SSSR count). The average molecular weight is 306 g/mol. The van der Waals surface area contributed by atoms with Crippen molar-refractivity contribution in [3.05, 3.63) is 71.5 Å². The van der Waals surface area contributed by atoms with Crippen molar-refractivity contribution in [3.8, 4) is 22.5 Å². The van der Waals surface area contributed by atoms with Gasteiger partial charge >= 0.3 is 5.97 Å². The molecular formula is C20H18O3. The summed E-state index contributed by atoms with van der Waals surface area (Å²) < 4.78 is 5.82. The van der Waals surface area contributed by atoms with Gasteiger partial charge in [-0.25, -0.2) is 4.79 Å². The Balaban J connectivity index is 2.25. The van der Waals surface area contributed by atoms with Gasteiger partial charge in [-0.05, 0) is 24.5 Å². The van der Waals surface area contributed by atoms with Crippen molar-refractivity contribution < 1.29 is 14.3 Å². The van der Waals surface area contributed by atoms with Crippen LogP contribution in [0.25, 0.3) is 22.5 Å². The molecule has 2 aromatic carbocycles. The number of hydrogen-bond acceptors (Lipinski definition) is 2. The summed E-state index contributed by atoms with van der Waals surface area (Å²) in [5, 5.41) is 9.61. The molecule has 0 bridgehead atoms. The maximum atomic E-state index is 11.7. The lowest BCUT2D eigenvalue weighted by molar-refractivity contribution is 0.0696. The highest BCUT2D eigenvalue weighted by atomic mass is 16.4. The summed E-state index contributed by atoms with van der Waals surface area (Å²) in [5.41, 5.74) is 3.82. The fraction of sp³-hybridized carbons (Fsp3) is 0.150. The molecule has 3 aromatic rings. The van der Waals surface area contributed by atoms with Crippen molar-refractivity contribution >= 4 is 5.97 Å². The molecule has 0 fully saturated rings. The normalized spacial score (nSPS) is 10.7. The molecule has 0 aliphatic heterocycles. The summed E-state index contributed by atoms with van der Waals surface area (Å²) in [6.45, 7) is 3.79. The van der Waals surface area contributed by atoms with Gasteiger partial charge in [0.15, 0.2) is 0 Å². The third-order valence-corrected chi connectivity index (χ3v) is 3.98. The number of aromatic carboxylic acids is 1. The first kappa shape index (κ1) is 15.1. The second-order valence-corrected chi connectivity index (χ2v) is 5.46. The van der Waals surface area contributed by atoms with Gasteiger partial charge in [0.1, 0.15) is 17.1 Å². The van der Waals surface area contributed by atoms with E-state index in [1.54, 1.807) is 6.92 Å². The van der Waals surface area contributed by atoms with Crippen LogP contribution in [0.15, 0.2) is 59.0 Å². The van der Waals surface area contributed by atoms with Crippen LogP contribution in [0.4, 0.5) is 0 Å². The molecule has 116 valence electrons. The minimum atomic E-state index is -0.969. The van der Waals surface area contributed by atoms with Gasteiger partial charge < -0.3 is 9.52 Å². The number of carboxylic acid groups (broad SMARTS) is 1. The molecule has 1 N–H and O–H groups in total. The lowest BCUT2D eigenvalue weighted by Gasteiger charge is -2.06. The zero-order chi connectivity index (χ0) is 16.4. The van der Waals surface area contributed by atoms with Gasteiger partial charge in [0.25, 0.3) is 0 Å². The Morgan fingerprint density at radius 2 is 1.65 bits per heavy atom. The summed E-state index contributed by atoms with van der Waals surface area (Å²) in [6.07, 6.45) is 0.946. The third kappa shape index (κ3) is 2.78. The lowest BCUT2D eigenvalue weighted by Crippen LogP contribution is -1.99. The Labute approximate surface area is 135 Å². The van der Waals surface area contributed by atoms with Crippen LogP contribution in [-0.2, 0) is 6.42 Å². The fourth-order valence-corrected chi connectivity index (χ4v) is 2.78. The molecule has 0 radical (unpaired) electrons. The third-order valence-electron chi connectivity index (χ3n) is 3.98. The van der Waals surface area contributed by atoms with Gasteiger partial charge in [-0.1, -0.05) is 61.5 Å². The van der Waals surface area contributed by atoms with Gasteiger partial charge in [-0.15, -0.1) is 0 Å². The van der Waals surface area contributed by atoms with Crippen LogP contribution < -0.4 is 0 Å². The van der Waals surface area contributed by atoms with Crippen molar-refractivity contribution in [2.24, 2.45) is 0 Å². The Morgan fingerprint density at radius 3 is 2.22 bits per heavy atom. The highest BCUT2D eigenvalue weighted by Crippen LogP contribution is 2.39. The molecule has 0 atom stereocenters. The number of rotatable bonds is 4. The zero-order valence-electron chi connectivity index (χ0n) is 13.2. The first-order valence-corrected chi connectivity index (χ1v) is 7.63. The minimum absolute atomic E-state index is 0.230. The molecule has 3 nitrogen and oxygen atoms in total. The SMILES string of the molecule is CCc1ccc(-c2c(-c3ccccc3)oc(C)c2C(=O)O)cc1. The number of hydrogen-bond donors (Lipinski definition) is 1. The van der Waals surface area contributed by atoms with Crippen molar-refractivity contribution in [3.63, 3.8) is 0 Å².